The number of carboxylic acid groups (broad SMARTS) is 1. The number of thiol groups is 1. The second-order valence-electron chi connectivity index (χ2n) is 8.21. The van der Waals surface area contributed by atoms with Crippen LogP contribution in [0.3, 0.4) is 0 Å². The van der Waals surface area contributed by atoms with Crippen molar-refractivity contribution in [3.05, 3.63) is 0 Å². The highest BCUT2D eigenvalue weighted by atomic mass is 32.1. The fraction of sp³-hybridized carbons (Fsp3) is 0.810. The van der Waals surface area contributed by atoms with Crippen molar-refractivity contribution in [2.24, 2.45) is 23.3 Å². The Hall–Kier alpha value is -1.85. The summed E-state index contributed by atoms with van der Waals surface area (Å²) in [5, 5.41) is 17.0. The molecule has 0 aliphatic rings. The normalized spacial score (nSPS) is 16.7. The molecule has 32 heavy (non-hydrogen) atoms. The molecule has 0 heterocycles. The average molecular weight is 476 g/mol. The molecule has 0 saturated heterocycles. The summed E-state index contributed by atoms with van der Waals surface area (Å²) in [4.78, 5) is 49.6. The Bertz CT molecular complexity index is 621. The fourth-order valence-corrected chi connectivity index (χ4v) is 3.19. The molecule has 0 aromatic rings. The summed E-state index contributed by atoms with van der Waals surface area (Å²) in [7, 11) is 0. The van der Waals surface area contributed by atoms with Crippen LogP contribution in [0.1, 0.15) is 59.8 Å². The van der Waals surface area contributed by atoms with Gasteiger partial charge in [0.1, 0.15) is 18.1 Å². The Labute approximate surface area is 196 Å². The number of rotatable bonds is 16. The third-order valence-corrected chi connectivity index (χ3v) is 6.10. The Morgan fingerprint density at radius 2 is 1.44 bits per heavy atom. The van der Waals surface area contributed by atoms with E-state index in [2.05, 4.69) is 28.6 Å². The fourth-order valence-electron chi connectivity index (χ4n) is 2.94. The lowest BCUT2D eigenvalue weighted by Crippen LogP contribution is -2.59. The van der Waals surface area contributed by atoms with Crippen LogP contribution in [0.2, 0.25) is 0 Å². The number of hydrogen-bond acceptors (Lipinski definition) is 7. The van der Waals surface area contributed by atoms with Crippen molar-refractivity contribution in [1.29, 1.82) is 0 Å². The Kier molecular flexibility index (Phi) is 15.0. The predicted molar refractivity (Wildman–Crippen MR) is 127 cm³/mol. The number of carboxylic acids is 1. The molecule has 11 heteroatoms. The molecule has 186 valence electrons. The van der Waals surface area contributed by atoms with Crippen molar-refractivity contribution in [3.8, 4) is 0 Å². The summed E-state index contributed by atoms with van der Waals surface area (Å²) in [6, 6.07) is -3.79. The van der Waals surface area contributed by atoms with Crippen LogP contribution in [0.5, 0.6) is 0 Å². The second-order valence-corrected chi connectivity index (χ2v) is 8.58. The van der Waals surface area contributed by atoms with Crippen LogP contribution in [0.15, 0.2) is 0 Å². The SMILES string of the molecule is CCC(C)C(N)C(=O)NC(CCCCN)C(=O)NC(C(=O)NC(CS)C(=O)O)C(C)CC. The molecule has 0 fully saturated rings. The third kappa shape index (κ3) is 10.2. The van der Waals surface area contributed by atoms with Crippen molar-refractivity contribution in [2.45, 2.75) is 84.0 Å². The molecule has 0 aliphatic carbocycles. The van der Waals surface area contributed by atoms with E-state index in [1.165, 1.54) is 0 Å². The molecule has 6 atom stereocenters. The van der Waals surface area contributed by atoms with Gasteiger partial charge in [-0.25, -0.2) is 4.79 Å². The van der Waals surface area contributed by atoms with Gasteiger partial charge in [-0.3, -0.25) is 14.4 Å². The molecule has 0 aliphatic heterocycles. The van der Waals surface area contributed by atoms with Gasteiger partial charge in [0.15, 0.2) is 0 Å². The number of aliphatic carboxylic acids is 1. The summed E-state index contributed by atoms with van der Waals surface area (Å²) in [5.74, 6) is -3.20. The van der Waals surface area contributed by atoms with Crippen molar-refractivity contribution < 1.29 is 24.3 Å². The first-order valence-corrected chi connectivity index (χ1v) is 11.9. The largest absolute Gasteiger partial charge is 0.480 e. The van der Waals surface area contributed by atoms with E-state index >= 15 is 0 Å². The minimum absolute atomic E-state index is 0.0596. The maximum atomic E-state index is 13.1. The number of unbranched alkanes of at least 4 members (excludes halogenated alkanes) is 1. The van der Waals surface area contributed by atoms with Gasteiger partial charge in [-0.15, -0.1) is 0 Å². The molecule has 8 N–H and O–H groups in total. The molecule has 10 nitrogen and oxygen atoms in total. The molecule has 0 bridgehead atoms. The van der Waals surface area contributed by atoms with Crippen LogP contribution >= 0.6 is 12.6 Å². The molecule has 0 aromatic carbocycles. The van der Waals surface area contributed by atoms with Crippen LogP contribution in [-0.2, 0) is 19.2 Å². The van der Waals surface area contributed by atoms with Gasteiger partial charge in [0.25, 0.3) is 0 Å². The molecule has 0 saturated carbocycles. The van der Waals surface area contributed by atoms with E-state index in [9.17, 15) is 24.3 Å². The van der Waals surface area contributed by atoms with E-state index in [4.69, 9.17) is 11.5 Å². The lowest BCUT2D eigenvalue weighted by atomic mass is 9.96. The van der Waals surface area contributed by atoms with Gasteiger partial charge in [-0.1, -0.05) is 40.5 Å². The van der Waals surface area contributed by atoms with E-state index in [1.807, 2.05) is 20.8 Å². The van der Waals surface area contributed by atoms with Gasteiger partial charge < -0.3 is 32.5 Å². The van der Waals surface area contributed by atoms with Crippen molar-refractivity contribution in [1.82, 2.24) is 16.0 Å². The molecular weight excluding hydrogens is 434 g/mol. The number of carbonyl (C=O) groups excluding carboxylic acids is 3. The van der Waals surface area contributed by atoms with Gasteiger partial charge in [-0.05, 0) is 37.6 Å². The quantitative estimate of drug-likeness (QED) is 0.121. The van der Waals surface area contributed by atoms with Gasteiger partial charge in [0.2, 0.25) is 17.7 Å². The molecular formula is C21H41N5O5S. The van der Waals surface area contributed by atoms with E-state index in [0.717, 1.165) is 0 Å². The number of nitrogens with two attached hydrogens (primary N) is 2. The molecule has 6 unspecified atom stereocenters. The first kappa shape index (κ1) is 30.1. The standard InChI is InChI=1S/C21H41N5O5S/c1-5-12(3)16(23)19(28)24-14(9-7-8-10-22)18(27)26-17(13(4)6-2)20(29)25-15(11-32)21(30)31/h12-17,32H,5-11,22-23H2,1-4H3,(H,24,28)(H,25,29)(H,26,27)(H,30,31). The third-order valence-electron chi connectivity index (χ3n) is 5.73. The smallest absolute Gasteiger partial charge is 0.327 e. The van der Waals surface area contributed by atoms with Crippen LogP contribution in [0.4, 0.5) is 0 Å². The highest BCUT2D eigenvalue weighted by molar-refractivity contribution is 7.80. The van der Waals surface area contributed by atoms with E-state index in [1.54, 1.807) is 6.92 Å². The van der Waals surface area contributed by atoms with Crippen molar-refractivity contribution in [3.63, 3.8) is 0 Å². The Morgan fingerprint density at radius 1 is 0.875 bits per heavy atom. The van der Waals surface area contributed by atoms with Crippen molar-refractivity contribution in [2.75, 3.05) is 12.3 Å². The summed E-state index contributed by atoms with van der Waals surface area (Å²) < 4.78 is 0. The zero-order valence-corrected chi connectivity index (χ0v) is 20.5. The lowest BCUT2D eigenvalue weighted by molar-refractivity contribution is -0.142. The maximum Gasteiger partial charge on any atom is 0.327 e. The first-order chi connectivity index (χ1) is 15.0. The minimum atomic E-state index is -1.21. The zero-order valence-electron chi connectivity index (χ0n) is 19.6. The monoisotopic (exact) mass is 475 g/mol. The zero-order chi connectivity index (χ0) is 24.8. The molecule has 0 rings (SSSR count). The van der Waals surface area contributed by atoms with Gasteiger partial charge in [-0.2, -0.15) is 12.6 Å². The number of nitrogens with one attached hydrogen (secondary N) is 3. The molecule has 0 radical (unpaired) electrons. The highest BCUT2D eigenvalue weighted by Gasteiger charge is 2.32. The predicted octanol–water partition coefficient (Wildman–Crippen LogP) is 0.00370. The molecule has 3 amide bonds. The summed E-state index contributed by atoms with van der Waals surface area (Å²) >= 11 is 3.95. The number of hydrogen-bond donors (Lipinski definition) is 7. The molecule has 0 spiro atoms. The van der Waals surface area contributed by atoms with Gasteiger partial charge in [0.05, 0.1) is 6.04 Å². The van der Waals surface area contributed by atoms with E-state index in [-0.39, 0.29) is 17.6 Å². The first-order valence-electron chi connectivity index (χ1n) is 11.2. The van der Waals surface area contributed by atoms with E-state index in [0.29, 0.717) is 38.6 Å². The van der Waals surface area contributed by atoms with E-state index < -0.39 is 47.9 Å². The van der Waals surface area contributed by atoms with Crippen LogP contribution < -0.4 is 27.4 Å². The summed E-state index contributed by atoms with van der Waals surface area (Å²) in [5.41, 5.74) is 11.5. The van der Waals surface area contributed by atoms with Crippen LogP contribution in [0, 0.1) is 11.8 Å². The summed E-state index contributed by atoms with van der Waals surface area (Å²) in [6.07, 6.45) is 2.90. The molecule has 0 aromatic heterocycles. The number of amides is 3. The average Bonchev–Trinajstić information content (AvgIpc) is 2.77. The van der Waals surface area contributed by atoms with Gasteiger partial charge in [0, 0.05) is 5.75 Å². The van der Waals surface area contributed by atoms with Gasteiger partial charge >= 0.3 is 5.97 Å². The Morgan fingerprint density at radius 3 is 1.91 bits per heavy atom. The van der Waals surface area contributed by atoms with Crippen LogP contribution in [0.25, 0.3) is 0 Å². The highest BCUT2D eigenvalue weighted by Crippen LogP contribution is 2.11. The van der Waals surface area contributed by atoms with Crippen LogP contribution in [-0.4, -0.2) is 65.3 Å². The Balaban J connectivity index is 5.50. The lowest BCUT2D eigenvalue weighted by Gasteiger charge is -2.28. The van der Waals surface area contributed by atoms with Crippen molar-refractivity contribution >= 4 is 36.3 Å². The number of carbonyl (C=O) groups is 4. The second kappa shape index (κ2) is 15.9. The minimum Gasteiger partial charge on any atom is -0.480 e. The summed E-state index contributed by atoms with van der Waals surface area (Å²) in [6.45, 7) is 7.87. The maximum absolute atomic E-state index is 13.1. The topological polar surface area (TPSA) is 177 Å².